The van der Waals surface area contributed by atoms with Crippen molar-refractivity contribution in [1.29, 1.82) is 0 Å². The fraction of sp³-hybridized carbons (Fsp3) is 0.143. The molecule has 1 amide bonds. The highest BCUT2D eigenvalue weighted by Crippen LogP contribution is 2.36. The summed E-state index contributed by atoms with van der Waals surface area (Å²) >= 11 is 7.85. The molecule has 2 heterocycles. The normalized spacial score (nSPS) is 11.2. The third-order valence-electron chi connectivity index (χ3n) is 4.41. The Morgan fingerprint density at radius 1 is 1.12 bits per heavy atom. The lowest BCUT2D eigenvalue weighted by Crippen LogP contribution is -2.29. The zero-order chi connectivity index (χ0) is 18.3. The molecular formula is C21H17ClN2OS. The molecule has 0 aliphatic rings. The van der Waals surface area contributed by atoms with Gasteiger partial charge in [0.1, 0.15) is 5.15 Å². The minimum atomic E-state index is -0.0144. The highest BCUT2D eigenvalue weighted by Gasteiger charge is 2.20. The zero-order valence-corrected chi connectivity index (χ0v) is 16.1. The summed E-state index contributed by atoms with van der Waals surface area (Å²) in [6, 6.07) is 17.7. The van der Waals surface area contributed by atoms with Gasteiger partial charge in [-0.25, -0.2) is 4.98 Å². The Kier molecular flexibility index (Phi) is 4.39. The van der Waals surface area contributed by atoms with E-state index in [4.69, 9.17) is 11.6 Å². The van der Waals surface area contributed by atoms with Gasteiger partial charge in [-0.05, 0) is 43.7 Å². The fourth-order valence-corrected chi connectivity index (χ4v) is 4.59. The van der Waals surface area contributed by atoms with Gasteiger partial charge in [-0.2, -0.15) is 0 Å². The Balaban J connectivity index is 1.84. The average Bonchev–Trinajstić information content (AvgIpc) is 3.09. The van der Waals surface area contributed by atoms with Crippen LogP contribution in [0.1, 0.15) is 22.2 Å². The van der Waals surface area contributed by atoms with Crippen LogP contribution in [0, 0.1) is 6.92 Å². The molecule has 0 N–H and O–H groups in total. The summed E-state index contributed by atoms with van der Waals surface area (Å²) in [5.74, 6) is -0.0144. The molecule has 5 heteroatoms. The SMILES string of the molecule is CCN(C(=O)c1cc2c(Cl)nc3ccccc3c2s1)c1cccc(C)c1. The molecule has 0 saturated heterocycles. The second kappa shape index (κ2) is 6.71. The summed E-state index contributed by atoms with van der Waals surface area (Å²) in [5, 5.41) is 2.29. The second-order valence-electron chi connectivity index (χ2n) is 6.16. The molecule has 0 atom stereocenters. The first-order valence-electron chi connectivity index (χ1n) is 8.45. The molecule has 0 aliphatic heterocycles. The number of rotatable bonds is 3. The van der Waals surface area contributed by atoms with Crippen LogP contribution in [-0.4, -0.2) is 17.4 Å². The number of nitrogens with zero attached hydrogens (tertiary/aromatic N) is 2. The summed E-state index contributed by atoms with van der Waals surface area (Å²) in [6.07, 6.45) is 0. The molecule has 0 radical (unpaired) electrons. The van der Waals surface area contributed by atoms with Gasteiger partial charge in [0.05, 0.1) is 10.4 Å². The van der Waals surface area contributed by atoms with Crippen LogP contribution in [0.5, 0.6) is 0 Å². The van der Waals surface area contributed by atoms with E-state index in [0.717, 1.165) is 32.2 Å². The number of pyridine rings is 1. The zero-order valence-electron chi connectivity index (χ0n) is 14.5. The Bertz CT molecular complexity index is 1140. The monoisotopic (exact) mass is 380 g/mol. The molecule has 130 valence electrons. The molecule has 4 aromatic rings. The Labute approximate surface area is 160 Å². The van der Waals surface area contributed by atoms with Crippen molar-refractivity contribution >= 4 is 55.5 Å². The number of aryl methyl sites for hydroxylation is 1. The van der Waals surface area contributed by atoms with Crippen molar-refractivity contribution < 1.29 is 4.79 Å². The molecule has 26 heavy (non-hydrogen) atoms. The topological polar surface area (TPSA) is 33.2 Å². The quantitative estimate of drug-likeness (QED) is 0.403. The first kappa shape index (κ1) is 17.0. The van der Waals surface area contributed by atoms with Crippen LogP contribution in [0.4, 0.5) is 5.69 Å². The van der Waals surface area contributed by atoms with Crippen LogP contribution in [0.3, 0.4) is 0 Å². The molecular weight excluding hydrogens is 364 g/mol. The number of hydrogen-bond donors (Lipinski definition) is 0. The fourth-order valence-electron chi connectivity index (χ4n) is 3.15. The van der Waals surface area contributed by atoms with E-state index in [-0.39, 0.29) is 5.91 Å². The van der Waals surface area contributed by atoms with Crippen molar-refractivity contribution in [3.8, 4) is 0 Å². The first-order chi connectivity index (χ1) is 12.6. The lowest BCUT2D eigenvalue weighted by Gasteiger charge is -2.20. The van der Waals surface area contributed by atoms with Crippen LogP contribution >= 0.6 is 22.9 Å². The van der Waals surface area contributed by atoms with E-state index in [1.54, 1.807) is 4.90 Å². The van der Waals surface area contributed by atoms with Crippen molar-refractivity contribution in [3.63, 3.8) is 0 Å². The summed E-state index contributed by atoms with van der Waals surface area (Å²) in [4.78, 5) is 20.1. The number of hydrogen-bond acceptors (Lipinski definition) is 3. The van der Waals surface area contributed by atoms with Gasteiger partial charge in [0, 0.05) is 27.7 Å². The molecule has 2 aromatic carbocycles. The number of amides is 1. The van der Waals surface area contributed by atoms with E-state index in [2.05, 4.69) is 4.98 Å². The lowest BCUT2D eigenvalue weighted by molar-refractivity contribution is 0.0992. The predicted molar refractivity (Wildman–Crippen MR) is 111 cm³/mol. The summed E-state index contributed by atoms with van der Waals surface area (Å²) < 4.78 is 1.00. The number of para-hydroxylation sites is 1. The van der Waals surface area contributed by atoms with E-state index < -0.39 is 0 Å². The molecule has 2 aromatic heterocycles. The number of carbonyl (C=O) groups is 1. The Morgan fingerprint density at radius 2 is 1.92 bits per heavy atom. The second-order valence-corrected chi connectivity index (χ2v) is 7.57. The van der Waals surface area contributed by atoms with Crippen molar-refractivity contribution in [2.45, 2.75) is 13.8 Å². The maximum Gasteiger partial charge on any atom is 0.268 e. The number of benzene rings is 2. The molecule has 0 bridgehead atoms. The van der Waals surface area contributed by atoms with E-state index in [1.807, 2.05) is 68.4 Å². The maximum atomic E-state index is 13.2. The predicted octanol–water partition coefficient (Wildman–Crippen LogP) is 6.08. The van der Waals surface area contributed by atoms with Gasteiger partial charge < -0.3 is 4.90 Å². The van der Waals surface area contributed by atoms with E-state index >= 15 is 0 Å². The molecule has 0 spiro atoms. The van der Waals surface area contributed by atoms with Gasteiger partial charge in [0.2, 0.25) is 0 Å². The number of fused-ring (bicyclic) bond motifs is 3. The number of anilines is 1. The van der Waals surface area contributed by atoms with Crippen molar-refractivity contribution in [3.05, 3.63) is 70.2 Å². The smallest absolute Gasteiger partial charge is 0.268 e. The van der Waals surface area contributed by atoms with Gasteiger partial charge in [0.15, 0.2) is 0 Å². The van der Waals surface area contributed by atoms with E-state index in [0.29, 0.717) is 16.6 Å². The van der Waals surface area contributed by atoms with Crippen molar-refractivity contribution in [1.82, 2.24) is 4.98 Å². The largest absolute Gasteiger partial charge is 0.308 e. The number of aromatic nitrogens is 1. The standard InChI is InChI=1S/C21H17ClN2OS/c1-3-24(14-8-6-7-13(2)11-14)21(25)18-12-16-19(26-18)15-9-4-5-10-17(15)23-20(16)22/h4-12H,3H2,1-2H3. The number of carbonyl (C=O) groups excluding carboxylic acids is 1. The molecule has 4 rings (SSSR count). The summed E-state index contributed by atoms with van der Waals surface area (Å²) in [7, 11) is 0. The third kappa shape index (κ3) is 2.85. The van der Waals surface area contributed by atoms with E-state index in [1.165, 1.54) is 11.3 Å². The molecule has 0 saturated carbocycles. The lowest BCUT2D eigenvalue weighted by atomic mass is 10.2. The van der Waals surface area contributed by atoms with Crippen molar-refractivity contribution in [2.24, 2.45) is 0 Å². The van der Waals surface area contributed by atoms with Crippen LogP contribution < -0.4 is 4.90 Å². The van der Waals surface area contributed by atoms with Crippen LogP contribution in [0.25, 0.3) is 21.0 Å². The molecule has 3 nitrogen and oxygen atoms in total. The first-order valence-corrected chi connectivity index (χ1v) is 9.64. The maximum absolute atomic E-state index is 13.2. The number of thiophene rings is 1. The Morgan fingerprint density at radius 3 is 2.69 bits per heavy atom. The Hall–Kier alpha value is -2.43. The molecule has 0 aliphatic carbocycles. The van der Waals surface area contributed by atoms with Crippen LogP contribution in [0.2, 0.25) is 5.15 Å². The van der Waals surface area contributed by atoms with Crippen molar-refractivity contribution in [2.75, 3.05) is 11.4 Å². The molecule has 0 unspecified atom stereocenters. The molecule has 0 fully saturated rings. The van der Waals surface area contributed by atoms with Gasteiger partial charge >= 0.3 is 0 Å². The summed E-state index contributed by atoms with van der Waals surface area (Å²) in [5.41, 5.74) is 2.88. The van der Waals surface area contributed by atoms with E-state index in [9.17, 15) is 4.79 Å². The minimum Gasteiger partial charge on any atom is -0.308 e. The minimum absolute atomic E-state index is 0.0144. The number of halogens is 1. The highest BCUT2D eigenvalue weighted by atomic mass is 35.5. The van der Waals surface area contributed by atoms with Gasteiger partial charge in [-0.15, -0.1) is 11.3 Å². The highest BCUT2D eigenvalue weighted by molar-refractivity contribution is 7.22. The van der Waals surface area contributed by atoms with Gasteiger partial charge in [-0.3, -0.25) is 4.79 Å². The van der Waals surface area contributed by atoms with Gasteiger partial charge in [-0.1, -0.05) is 41.9 Å². The summed E-state index contributed by atoms with van der Waals surface area (Å²) in [6.45, 7) is 4.61. The van der Waals surface area contributed by atoms with Crippen LogP contribution in [0.15, 0.2) is 54.6 Å². The van der Waals surface area contributed by atoms with Crippen LogP contribution in [-0.2, 0) is 0 Å². The average molecular weight is 381 g/mol. The third-order valence-corrected chi connectivity index (χ3v) is 5.85. The van der Waals surface area contributed by atoms with Gasteiger partial charge in [0.25, 0.3) is 5.91 Å².